The summed E-state index contributed by atoms with van der Waals surface area (Å²) in [7, 11) is 1.71. The molecule has 0 saturated carbocycles. The summed E-state index contributed by atoms with van der Waals surface area (Å²) in [5.41, 5.74) is 0.873. The highest BCUT2D eigenvalue weighted by Gasteiger charge is 2.18. The van der Waals surface area contributed by atoms with E-state index in [4.69, 9.17) is 4.74 Å². The quantitative estimate of drug-likeness (QED) is 0.794. The minimum absolute atomic E-state index is 0.0509. The second-order valence-corrected chi connectivity index (χ2v) is 5.81. The Morgan fingerprint density at radius 3 is 2.50 bits per heavy atom. The first-order valence-electron chi connectivity index (χ1n) is 6.87. The fourth-order valence-electron chi connectivity index (χ4n) is 1.98. The predicted molar refractivity (Wildman–Crippen MR) is 87.2 cm³/mol. The Kier molecular flexibility index (Phi) is 5.55. The molecule has 22 heavy (non-hydrogen) atoms. The lowest BCUT2D eigenvalue weighted by molar-refractivity contribution is -0.134. The number of benzene rings is 2. The molecule has 0 aromatic heterocycles. The lowest BCUT2D eigenvalue weighted by atomic mass is 10.1. The standard InChI is InChI=1S/C17H17BrFNO2/c1-12(13-7-9-14(19)10-8-13)20(2)17(21)11-22-16-6-4-3-5-15(16)18/h3-10,12H,11H2,1-2H3. The Bertz CT molecular complexity index is 645. The summed E-state index contributed by atoms with van der Waals surface area (Å²) in [5, 5.41) is 0. The van der Waals surface area contributed by atoms with Gasteiger partial charge in [-0.15, -0.1) is 0 Å². The number of ether oxygens (including phenoxy) is 1. The lowest BCUT2D eigenvalue weighted by Gasteiger charge is -2.25. The van der Waals surface area contributed by atoms with E-state index in [9.17, 15) is 9.18 Å². The molecule has 1 unspecified atom stereocenters. The third kappa shape index (κ3) is 4.07. The van der Waals surface area contributed by atoms with Crippen molar-refractivity contribution in [3.8, 4) is 5.75 Å². The Balaban J connectivity index is 1.97. The average molecular weight is 366 g/mol. The third-order valence-electron chi connectivity index (χ3n) is 3.51. The minimum atomic E-state index is -0.290. The summed E-state index contributed by atoms with van der Waals surface area (Å²) in [6.07, 6.45) is 0. The average Bonchev–Trinajstić information content (AvgIpc) is 2.53. The van der Waals surface area contributed by atoms with Gasteiger partial charge in [-0.2, -0.15) is 0 Å². The molecule has 0 heterocycles. The highest BCUT2D eigenvalue weighted by atomic mass is 79.9. The number of carbonyl (C=O) groups excluding carboxylic acids is 1. The molecule has 1 atom stereocenters. The van der Waals surface area contributed by atoms with Gasteiger partial charge in [0.15, 0.2) is 6.61 Å². The fraction of sp³-hybridized carbons (Fsp3) is 0.235. The summed E-state index contributed by atoms with van der Waals surface area (Å²) >= 11 is 3.37. The number of amides is 1. The molecule has 1 amide bonds. The molecule has 0 bridgehead atoms. The van der Waals surface area contributed by atoms with E-state index in [1.165, 1.54) is 12.1 Å². The van der Waals surface area contributed by atoms with Crippen molar-refractivity contribution >= 4 is 21.8 Å². The van der Waals surface area contributed by atoms with Crippen LogP contribution in [-0.4, -0.2) is 24.5 Å². The first kappa shape index (κ1) is 16.5. The van der Waals surface area contributed by atoms with Crippen molar-refractivity contribution in [2.75, 3.05) is 13.7 Å². The van der Waals surface area contributed by atoms with E-state index < -0.39 is 0 Å². The van der Waals surface area contributed by atoms with Gasteiger partial charge in [-0.25, -0.2) is 4.39 Å². The maximum atomic E-state index is 13.0. The van der Waals surface area contributed by atoms with Crippen LogP contribution in [0.4, 0.5) is 4.39 Å². The molecule has 0 saturated heterocycles. The van der Waals surface area contributed by atoms with Crippen LogP contribution in [0.25, 0.3) is 0 Å². The van der Waals surface area contributed by atoms with Crippen molar-refractivity contribution in [2.24, 2.45) is 0 Å². The molecular formula is C17H17BrFNO2. The van der Waals surface area contributed by atoms with Crippen LogP contribution < -0.4 is 4.74 Å². The summed E-state index contributed by atoms with van der Waals surface area (Å²) in [4.78, 5) is 13.8. The van der Waals surface area contributed by atoms with Gasteiger partial charge in [0.05, 0.1) is 10.5 Å². The van der Waals surface area contributed by atoms with Crippen LogP contribution in [0.15, 0.2) is 53.0 Å². The Labute approximate surface area is 137 Å². The van der Waals surface area contributed by atoms with Crippen molar-refractivity contribution in [3.05, 3.63) is 64.4 Å². The molecule has 2 aromatic rings. The minimum Gasteiger partial charge on any atom is -0.483 e. The van der Waals surface area contributed by atoms with E-state index in [1.54, 1.807) is 30.1 Å². The maximum Gasteiger partial charge on any atom is 0.260 e. The molecule has 116 valence electrons. The number of halogens is 2. The van der Waals surface area contributed by atoms with Gasteiger partial charge >= 0.3 is 0 Å². The van der Waals surface area contributed by atoms with Gasteiger partial charge in [0.2, 0.25) is 0 Å². The molecular weight excluding hydrogens is 349 g/mol. The number of para-hydroxylation sites is 1. The Morgan fingerprint density at radius 1 is 1.23 bits per heavy atom. The van der Waals surface area contributed by atoms with Crippen LogP contribution in [0.5, 0.6) is 5.75 Å². The second-order valence-electron chi connectivity index (χ2n) is 4.95. The van der Waals surface area contributed by atoms with Crippen LogP contribution in [-0.2, 0) is 4.79 Å². The molecule has 0 N–H and O–H groups in total. The smallest absolute Gasteiger partial charge is 0.260 e. The van der Waals surface area contributed by atoms with Gasteiger partial charge in [0, 0.05) is 7.05 Å². The summed E-state index contributed by atoms with van der Waals surface area (Å²) in [6.45, 7) is 1.84. The first-order chi connectivity index (χ1) is 10.5. The van der Waals surface area contributed by atoms with Gasteiger partial charge in [0.1, 0.15) is 11.6 Å². The molecule has 0 spiro atoms. The lowest BCUT2D eigenvalue weighted by Crippen LogP contribution is -2.33. The van der Waals surface area contributed by atoms with Gasteiger partial charge in [-0.3, -0.25) is 4.79 Å². The van der Waals surface area contributed by atoms with Gasteiger partial charge in [-0.1, -0.05) is 24.3 Å². The number of hydrogen-bond acceptors (Lipinski definition) is 2. The monoisotopic (exact) mass is 365 g/mol. The maximum absolute atomic E-state index is 13.0. The molecule has 2 rings (SSSR count). The van der Waals surface area contributed by atoms with Crippen molar-refractivity contribution in [2.45, 2.75) is 13.0 Å². The molecule has 0 fully saturated rings. The zero-order chi connectivity index (χ0) is 16.1. The fourth-order valence-corrected chi connectivity index (χ4v) is 2.38. The number of hydrogen-bond donors (Lipinski definition) is 0. The molecule has 2 aromatic carbocycles. The first-order valence-corrected chi connectivity index (χ1v) is 7.67. The summed E-state index contributed by atoms with van der Waals surface area (Å²) < 4.78 is 19.3. The van der Waals surface area contributed by atoms with E-state index >= 15 is 0 Å². The number of rotatable bonds is 5. The van der Waals surface area contributed by atoms with Crippen molar-refractivity contribution in [3.63, 3.8) is 0 Å². The molecule has 0 aliphatic carbocycles. The van der Waals surface area contributed by atoms with Crippen molar-refractivity contribution in [1.29, 1.82) is 0 Å². The number of nitrogens with zero attached hydrogens (tertiary/aromatic N) is 1. The third-order valence-corrected chi connectivity index (χ3v) is 4.17. The zero-order valence-electron chi connectivity index (χ0n) is 12.4. The van der Waals surface area contributed by atoms with E-state index in [0.29, 0.717) is 5.75 Å². The van der Waals surface area contributed by atoms with Gasteiger partial charge < -0.3 is 9.64 Å². The van der Waals surface area contributed by atoms with E-state index in [0.717, 1.165) is 10.0 Å². The molecule has 3 nitrogen and oxygen atoms in total. The van der Waals surface area contributed by atoms with E-state index in [2.05, 4.69) is 15.9 Å². The summed E-state index contributed by atoms with van der Waals surface area (Å²) in [5.74, 6) is 0.188. The highest BCUT2D eigenvalue weighted by Crippen LogP contribution is 2.24. The normalized spacial score (nSPS) is 11.8. The van der Waals surface area contributed by atoms with Gasteiger partial charge in [0.25, 0.3) is 5.91 Å². The summed E-state index contributed by atoms with van der Waals surface area (Å²) in [6, 6.07) is 13.3. The molecule has 0 radical (unpaired) electrons. The molecule has 5 heteroatoms. The van der Waals surface area contributed by atoms with Crippen molar-refractivity contribution in [1.82, 2.24) is 4.90 Å². The molecule has 0 aliphatic rings. The number of carbonyl (C=O) groups is 1. The molecule has 0 aliphatic heterocycles. The van der Waals surface area contributed by atoms with Crippen LogP contribution >= 0.6 is 15.9 Å². The Hall–Kier alpha value is -1.88. The highest BCUT2D eigenvalue weighted by molar-refractivity contribution is 9.10. The number of likely N-dealkylation sites (N-methyl/N-ethyl adjacent to an activating group) is 1. The topological polar surface area (TPSA) is 29.5 Å². The van der Waals surface area contributed by atoms with Crippen LogP contribution in [0.3, 0.4) is 0 Å². The Morgan fingerprint density at radius 2 is 1.86 bits per heavy atom. The largest absolute Gasteiger partial charge is 0.483 e. The van der Waals surface area contributed by atoms with Crippen LogP contribution in [0.2, 0.25) is 0 Å². The second kappa shape index (κ2) is 7.40. The predicted octanol–water partition coefficient (Wildman–Crippen LogP) is 4.19. The van der Waals surface area contributed by atoms with Gasteiger partial charge in [-0.05, 0) is 52.7 Å². The van der Waals surface area contributed by atoms with E-state index in [1.807, 2.05) is 25.1 Å². The van der Waals surface area contributed by atoms with Crippen LogP contribution in [0.1, 0.15) is 18.5 Å². The van der Waals surface area contributed by atoms with Crippen molar-refractivity contribution < 1.29 is 13.9 Å². The zero-order valence-corrected chi connectivity index (χ0v) is 14.0. The SMILES string of the molecule is CC(c1ccc(F)cc1)N(C)C(=O)COc1ccccc1Br. The van der Waals surface area contributed by atoms with Crippen LogP contribution in [0, 0.1) is 5.82 Å². The van der Waals surface area contributed by atoms with E-state index in [-0.39, 0.29) is 24.4 Å².